The molecule has 0 aliphatic carbocycles. The molecule has 116 valence electrons. The van der Waals surface area contributed by atoms with Crippen LogP contribution in [-0.4, -0.2) is 16.2 Å². The quantitative estimate of drug-likeness (QED) is 0.528. The highest BCUT2D eigenvalue weighted by Gasteiger charge is 2.11. The number of rotatable bonds is 4. The number of hydrogen-bond donors (Lipinski definition) is 2. The molecule has 3 aromatic rings. The molecule has 4 nitrogen and oxygen atoms in total. The van der Waals surface area contributed by atoms with Crippen molar-refractivity contribution < 1.29 is 0 Å². The van der Waals surface area contributed by atoms with E-state index >= 15 is 0 Å². The standard InChI is InChI=1S/C16H11Cl2N3OS/c17-10-3-4-11-12(6-10)16(21-15(22)14(11)18)23-8-9-2-1-5-20-13(9)7-19/h1-7,19H,8H2,(H,21,22). The summed E-state index contributed by atoms with van der Waals surface area (Å²) in [5.74, 6) is 0.567. The fourth-order valence-corrected chi connectivity index (χ4v) is 3.63. The van der Waals surface area contributed by atoms with E-state index in [1.54, 1.807) is 24.4 Å². The number of thioether (sulfide) groups is 1. The fraction of sp³-hybridized carbons (Fsp3) is 0.0625. The van der Waals surface area contributed by atoms with Crippen molar-refractivity contribution in [3.05, 3.63) is 68.2 Å². The Kier molecular flexibility index (Phi) is 4.71. The third-order valence-electron chi connectivity index (χ3n) is 3.32. The van der Waals surface area contributed by atoms with Crippen LogP contribution in [-0.2, 0) is 5.75 Å². The molecule has 0 bridgehead atoms. The number of nitrogens with one attached hydrogen (secondary N) is 2. The van der Waals surface area contributed by atoms with Crippen LogP contribution in [0.3, 0.4) is 0 Å². The number of hydrogen-bond acceptors (Lipinski definition) is 4. The Morgan fingerprint density at radius 1 is 1.26 bits per heavy atom. The van der Waals surface area contributed by atoms with Crippen molar-refractivity contribution in [1.82, 2.24) is 9.97 Å². The lowest BCUT2D eigenvalue weighted by Crippen LogP contribution is -2.08. The smallest absolute Gasteiger partial charge is 0.268 e. The Balaban J connectivity index is 2.03. The predicted octanol–water partition coefficient (Wildman–Crippen LogP) is 4.52. The highest BCUT2D eigenvalue weighted by Crippen LogP contribution is 2.32. The van der Waals surface area contributed by atoms with Gasteiger partial charge in [-0.05, 0) is 23.8 Å². The summed E-state index contributed by atoms with van der Waals surface area (Å²) in [6.45, 7) is 0. The molecule has 0 atom stereocenters. The van der Waals surface area contributed by atoms with Crippen molar-refractivity contribution in [3.63, 3.8) is 0 Å². The van der Waals surface area contributed by atoms with E-state index in [1.807, 2.05) is 12.1 Å². The second kappa shape index (κ2) is 6.74. The van der Waals surface area contributed by atoms with E-state index in [2.05, 4.69) is 9.97 Å². The Bertz CT molecular complexity index is 956. The van der Waals surface area contributed by atoms with Crippen LogP contribution < -0.4 is 5.56 Å². The van der Waals surface area contributed by atoms with E-state index in [0.717, 1.165) is 10.9 Å². The van der Waals surface area contributed by atoms with Crippen LogP contribution in [0.25, 0.3) is 10.8 Å². The highest BCUT2D eigenvalue weighted by molar-refractivity contribution is 7.98. The molecule has 0 saturated carbocycles. The average Bonchev–Trinajstić information content (AvgIpc) is 2.57. The maximum atomic E-state index is 12.0. The second-order valence-electron chi connectivity index (χ2n) is 4.77. The molecule has 0 amide bonds. The Labute approximate surface area is 146 Å². The van der Waals surface area contributed by atoms with Gasteiger partial charge in [-0.2, -0.15) is 0 Å². The first-order chi connectivity index (χ1) is 11.1. The average molecular weight is 364 g/mol. The SMILES string of the molecule is N=Cc1ncccc1CSc1[nH]c(=O)c(Cl)c2ccc(Cl)cc12. The molecule has 0 spiro atoms. The van der Waals surface area contributed by atoms with Crippen molar-refractivity contribution in [1.29, 1.82) is 5.41 Å². The molecule has 0 unspecified atom stereocenters. The zero-order valence-electron chi connectivity index (χ0n) is 11.8. The third-order valence-corrected chi connectivity index (χ3v) is 5.00. The Morgan fingerprint density at radius 3 is 2.87 bits per heavy atom. The lowest BCUT2D eigenvalue weighted by atomic mass is 10.2. The van der Waals surface area contributed by atoms with E-state index in [4.69, 9.17) is 28.6 Å². The molecule has 2 N–H and O–H groups in total. The first-order valence-electron chi connectivity index (χ1n) is 6.68. The van der Waals surface area contributed by atoms with Crippen LogP contribution in [0.1, 0.15) is 11.3 Å². The molecular weight excluding hydrogens is 353 g/mol. The lowest BCUT2D eigenvalue weighted by Gasteiger charge is -2.09. The van der Waals surface area contributed by atoms with Crippen molar-refractivity contribution in [2.75, 3.05) is 0 Å². The summed E-state index contributed by atoms with van der Waals surface area (Å²) >= 11 is 13.6. The normalized spacial score (nSPS) is 10.9. The van der Waals surface area contributed by atoms with Gasteiger partial charge < -0.3 is 10.4 Å². The molecule has 7 heteroatoms. The van der Waals surface area contributed by atoms with E-state index < -0.39 is 0 Å². The van der Waals surface area contributed by atoms with E-state index in [9.17, 15) is 4.79 Å². The first-order valence-corrected chi connectivity index (χ1v) is 8.42. The van der Waals surface area contributed by atoms with Crippen molar-refractivity contribution in [3.8, 4) is 0 Å². The zero-order valence-corrected chi connectivity index (χ0v) is 14.1. The monoisotopic (exact) mass is 363 g/mol. The summed E-state index contributed by atoms with van der Waals surface area (Å²) in [6, 6.07) is 8.96. The van der Waals surface area contributed by atoms with Crippen LogP contribution in [0.15, 0.2) is 46.3 Å². The molecule has 2 heterocycles. The minimum absolute atomic E-state index is 0.155. The Morgan fingerprint density at radius 2 is 2.09 bits per heavy atom. The molecular formula is C16H11Cl2N3OS. The first kappa shape index (κ1) is 16.1. The largest absolute Gasteiger partial charge is 0.315 e. The summed E-state index contributed by atoms with van der Waals surface area (Å²) in [5, 5.41) is 10.3. The van der Waals surface area contributed by atoms with Gasteiger partial charge in [0.25, 0.3) is 5.56 Å². The summed E-state index contributed by atoms with van der Waals surface area (Å²) in [5.41, 5.74) is 1.19. The van der Waals surface area contributed by atoms with Gasteiger partial charge in [0, 0.05) is 34.0 Å². The number of fused-ring (bicyclic) bond motifs is 1. The van der Waals surface area contributed by atoms with Gasteiger partial charge in [-0.25, -0.2) is 0 Å². The molecule has 2 aromatic heterocycles. The van der Waals surface area contributed by atoms with Gasteiger partial charge in [0.05, 0.1) is 10.7 Å². The molecule has 23 heavy (non-hydrogen) atoms. The second-order valence-corrected chi connectivity index (χ2v) is 6.57. The Hall–Kier alpha value is -1.82. The van der Waals surface area contributed by atoms with Crippen molar-refractivity contribution in [2.24, 2.45) is 0 Å². The van der Waals surface area contributed by atoms with E-state index in [1.165, 1.54) is 18.0 Å². The van der Waals surface area contributed by atoms with Crippen LogP contribution >= 0.6 is 35.0 Å². The summed E-state index contributed by atoms with van der Waals surface area (Å²) in [7, 11) is 0. The summed E-state index contributed by atoms with van der Waals surface area (Å²) < 4.78 is 0. The fourth-order valence-electron chi connectivity index (χ4n) is 2.21. The van der Waals surface area contributed by atoms with E-state index in [0.29, 0.717) is 26.9 Å². The van der Waals surface area contributed by atoms with Gasteiger partial charge in [-0.3, -0.25) is 9.78 Å². The lowest BCUT2D eigenvalue weighted by molar-refractivity contribution is 1.11. The topological polar surface area (TPSA) is 69.6 Å². The van der Waals surface area contributed by atoms with Gasteiger partial charge in [0.1, 0.15) is 5.02 Å². The molecule has 1 aromatic carbocycles. The van der Waals surface area contributed by atoms with Gasteiger partial charge in [0.2, 0.25) is 0 Å². The van der Waals surface area contributed by atoms with Crippen LogP contribution in [0.5, 0.6) is 0 Å². The number of nitrogens with zero attached hydrogens (tertiary/aromatic N) is 1. The highest BCUT2D eigenvalue weighted by atomic mass is 35.5. The molecule has 0 saturated heterocycles. The summed E-state index contributed by atoms with van der Waals surface area (Å²) in [6.07, 6.45) is 2.86. The predicted molar refractivity (Wildman–Crippen MR) is 96.3 cm³/mol. The van der Waals surface area contributed by atoms with Gasteiger partial charge in [-0.1, -0.05) is 35.3 Å². The molecule has 0 aliphatic heterocycles. The van der Waals surface area contributed by atoms with Gasteiger partial charge >= 0.3 is 0 Å². The molecule has 3 rings (SSSR count). The van der Waals surface area contributed by atoms with Gasteiger partial charge in [-0.15, -0.1) is 11.8 Å². The number of aromatic amines is 1. The van der Waals surface area contributed by atoms with Crippen molar-refractivity contribution in [2.45, 2.75) is 10.8 Å². The van der Waals surface area contributed by atoms with Crippen LogP contribution in [0, 0.1) is 5.41 Å². The molecule has 0 fully saturated rings. The molecule has 0 radical (unpaired) electrons. The maximum absolute atomic E-state index is 12.0. The van der Waals surface area contributed by atoms with Crippen LogP contribution in [0.4, 0.5) is 0 Å². The summed E-state index contributed by atoms with van der Waals surface area (Å²) in [4.78, 5) is 18.9. The zero-order chi connectivity index (χ0) is 16.4. The molecule has 0 aliphatic rings. The number of pyridine rings is 2. The number of halogens is 2. The minimum Gasteiger partial charge on any atom is -0.315 e. The maximum Gasteiger partial charge on any atom is 0.268 e. The number of benzene rings is 1. The van der Waals surface area contributed by atoms with Crippen molar-refractivity contribution >= 4 is 52.0 Å². The number of H-pyrrole nitrogens is 1. The minimum atomic E-state index is -0.331. The number of aromatic nitrogens is 2. The van der Waals surface area contributed by atoms with Crippen LogP contribution in [0.2, 0.25) is 10.0 Å². The third kappa shape index (κ3) is 3.27. The van der Waals surface area contributed by atoms with E-state index in [-0.39, 0.29) is 10.6 Å². The van der Waals surface area contributed by atoms with Gasteiger partial charge in [0.15, 0.2) is 0 Å².